The number of halogens is 1. The molecule has 1 atom stereocenters. The van der Waals surface area contributed by atoms with E-state index < -0.39 is 0 Å². The molecule has 0 aliphatic heterocycles. The van der Waals surface area contributed by atoms with Crippen molar-refractivity contribution in [3.63, 3.8) is 0 Å². The summed E-state index contributed by atoms with van der Waals surface area (Å²) in [5.41, 5.74) is 4.02. The van der Waals surface area contributed by atoms with E-state index in [1.165, 1.54) is 11.3 Å². The number of thiophene rings is 1. The quantitative estimate of drug-likeness (QED) is 0.270. The van der Waals surface area contributed by atoms with E-state index in [2.05, 4.69) is 5.32 Å². The van der Waals surface area contributed by atoms with Gasteiger partial charge in [-0.15, -0.1) is 11.3 Å². The smallest absolute Gasteiger partial charge is 0.265 e. The van der Waals surface area contributed by atoms with Gasteiger partial charge in [0.25, 0.3) is 11.8 Å². The van der Waals surface area contributed by atoms with E-state index in [1.807, 2.05) is 103 Å². The van der Waals surface area contributed by atoms with Gasteiger partial charge in [-0.25, -0.2) is 0 Å². The number of benzene rings is 3. The first-order chi connectivity index (χ1) is 17.3. The normalized spacial score (nSPS) is 11.6. The number of rotatable bonds is 8. The van der Waals surface area contributed by atoms with Crippen molar-refractivity contribution in [3.05, 3.63) is 117 Å². The van der Waals surface area contributed by atoms with Crippen LogP contribution in [0.15, 0.2) is 90.3 Å². The van der Waals surface area contributed by atoms with E-state index in [4.69, 9.17) is 11.6 Å². The molecule has 4 aromatic rings. The highest BCUT2D eigenvalue weighted by Gasteiger charge is 2.26. The van der Waals surface area contributed by atoms with E-state index in [1.54, 1.807) is 18.2 Å². The van der Waals surface area contributed by atoms with Gasteiger partial charge in [-0.2, -0.15) is 0 Å². The highest BCUT2D eigenvalue weighted by molar-refractivity contribution is 7.12. The second-order valence-electron chi connectivity index (χ2n) is 8.67. The van der Waals surface area contributed by atoms with Gasteiger partial charge in [0, 0.05) is 32.0 Å². The van der Waals surface area contributed by atoms with Crippen molar-refractivity contribution >= 4 is 46.1 Å². The predicted molar refractivity (Wildman–Crippen MR) is 149 cm³/mol. The van der Waals surface area contributed by atoms with Crippen molar-refractivity contribution in [1.82, 2.24) is 4.90 Å². The van der Waals surface area contributed by atoms with Crippen molar-refractivity contribution in [2.45, 2.75) is 19.5 Å². The lowest BCUT2D eigenvalue weighted by atomic mass is 10.0. The summed E-state index contributed by atoms with van der Waals surface area (Å²) in [5.74, 6) is -0.315. The number of carbonyl (C=O) groups excluding carboxylic acids is 2. The SMILES string of the molecule is C[C@H](c1ccccc1)N(Cc1cc(NC(=O)c2cccs2)ccc1N(C)C)C(=O)c1ccccc1Cl. The first kappa shape index (κ1) is 25.5. The molecule has 0 radical (unpaired) electrons. The van der Waals surface area contributed by atoms with Crippen molar-refractivity contribution in [2.24, 2.45) is 0 Å². The van der Waals surface area contributed by atoms with Gasteiger partial charge in [-0.05, 0) is 59.8 Å². The Morgan fingerprint density at radius 2 is 1.67 bits per heavy atom. The Morgan fingerprint density at radius 1 is 0.944 bits per heavy atom. The minimum absolute atomic E-state index is 0.157. The summed E-state index contributed by atoms with van der Waals surface area (Å²) >= 11 is 7.82. The molecule has 1 aromatic heterocycles. The molecule has 0 fully saturated rings. The Labute approximate surface area is 220 Å². The zero-order valence-corrected chi connectivity index (χ0v) is 22.0. The maximum absolute atomic E-state index is 13.8. The Kier molecular flexibility index (Phi) is 8.08. The van der Waals surface area contributed by atoms with Crippen molar-refractivity contribution in [1.29, 1.82) is 0 Å². The third-order valence-corrected chi connectivity index (χ3v) is 7.22. The van der Waals surface area contributed by atoms with E-state index >= 15 is 0 Å². The fraction of sp³-hybridized carbons (Fsp3) is 0.172. The second-order valence-corrected chi connectivity index (χ2v) is 10.0. The van der Waals surface area contributed by atoms with Gasteiger partial charge in [0.05, 0.1) is 21.5 Å². The van der Waals surface area contributed by atoms with Crippen LogP contribution in [0.4, 0.5) is 11.4 Å². The summed E-state index contributed by atoms with van der Waals surface area (Å²) in [4.78, 5) is 31.0. The standard InChI is InChI=1S/C29H28ClN3O2S/c1-20(21-10-5-4-6-11-21)33(29(35)24-12-7-8-13-25(24)30)19-22-18-23(15-16-26(22)32(2)3)31-28(34)27-14-9-17-36-27/h4-18,20H,19H2,1-3H3,(H,31,34)/t20-/m1/s1. The number of carbonyl (C=O) groups is 2. The Balaban J connectivity index is 1.72. The zero-order valence-electron chi connectivity index (χ0n) is 20.4. The Morgan fingerprint density at radius 3 is 2.33 bits per heavy atom. The molecule has 0 aliphatic rings. The van der Waals surface area contributed by atoms with Crippen LogP contribution < -0.4 is 10.2 Å². The molecule has 0 saturated heterocycles. The Hall–Kier alpha value is -3.61. The molecule has 0 saturated carbocycles. The van der Waals surface area contributed by atoms with E-state index in [0.29, 0.717) is 27.7 Å². The molecule has 2 amide bonds. The van der Waals surface area contributed by atoms with Crippen LogP contribution in [0.2, 0.25) is 5.02 Å². The summed E-state index contributed by atoms with van der Waals surface area (Å²) in [6.07, 6.45) is 0. The number of hydrogen-bond donors (Lipinski definition) is 1. The average molecular weight is 518 g/mol. The molecular weight excluding hydrogens is 490 g/mol. The van der Waals surface area contributed by atoms with Crippen LogP contribution in [0.1, 0.15) is 44.1 Å². The van der Waals surface area contributed by atoms with Gasteiger partial charge in [0.1, 0.15) is 0 Å². The molecule has 0 spiro atoms. The highest BCUT2D eigenvalue weighted by Crippen LogP contribution is 2.31. The maximum atomic E-state index is 13.8. The largest absolute Gasteiger partial charge is 0.377 e. The highest BCUT2D eigenvalue weighted by atomic mass is 35.5. The minimum atomic E-state index is -0.214. The number of nitrogens with one attached hydrogen (secondary N) is 1. The van der Waals surface area contributed by atoms with Crippen molar-refractivity contribution in [2.75, 3.05) is 24.3 Å². The molecule has 7 heteroatoms. The first-order valence-corrected chi connectivity index (χ1v) is 12.9. The lowest BCUT2D eigenvalue weighted by Gasteiger charge is -2.32. The van der Waals surface area contributed by atoms with Crippen LogP contribution in [0.3, 0.4) is 0 Å². The van der Waals surface area contributed by atoms with Crippen molar-refractivity contribution < 1.29 is 9.59 Å². The summed E-state index contributed by atoms with van der Waals surface area (Å²) < 4.78 is 0. The molecule has 0 unspecified atom stereocenters. The molecule has 36 heavy (non-hydrogen) atoms. The van der Waals surface area contributed by atoms with Crippen LogP contribution in [0, 0.1) is 0 Å². The summed E-state index contributed by atoms with van der Waals surface area (Å²) in [6.45, 7) is 2.35. The lowest BCUT2D eigenvalue weighted by Crippen LogP contribution is -2.34. The molecule has 184 valence electrons. The fourth-order valence-electron chi connectivity index (χ4n) is 4.10. The molecule has 1 heterocycles. The number of anilines is 2. The van der Waals surface area contributed by atoms with Gasteiger partial charge >= 0.3 is 0 Å². The molecular formula is C29H28ClN3O2S. The predicted octanol–water partition coefficient (Wildman–Crippen LogP) is 7.12. The van der Waals surface area contributed by atoms with Crippen LogP contribution in [-0.2, 0) is 6.54 Å². The van der Waals surface area contributed by atoms with Gasteiger partial charge in [0.15, 0.2) is 0 Å². The van der Waals surface area contributed by atoms with Crippen LogP contribution in [-0.4, -0.2) is 30.8 Å². The topological polar surface area (TPSA) is 52.7 Å². The third kappa shape index (κ3) is 5.78. The van der Waals surface area contributed by atoms with Crippen LogP contribution in [0.25, 0.3) is 0 Å². The number of amides is 2. The molecule has 0 aliphatic carbocycles. The monoisotopic (exact) mass is 517 g/mol. The fourth-order valence-corrected chi connectivity index (χ4v) is 4.93. The van der Waals surface area contributed by atoms with E-state index in [-0.39, 0.29) is 17.9 Å². The summed E-state index contributed by atoms with van der Waals surface area (Å²) in [7, 11) is 3.92. The third-order valence-electron chi connectivity index (χ3n) is 6.02. The Bertz CT molecular complexity index is 1340. The van der Waals surface area contributed by atoms with E-state index in [9.17, 15) is 9.59 Å². The zero-order chi connectivity index (χ0) is 25.7. The molecule has 3 aromatic carbocycles. The van der Waals surface area contributed by atoms with Crippen LogP contribution >= 0.6 is 22.9 Å². The second kappa shape index (κ2) is 11.4. The van der Waals surface area contributed by atoms with Gasteiger partial charge in [-0.1, -0.05) is 60.1 Å². The molecule has 0 bridgehead atoms. The van der Waals surface area contributed by atoms with Gasteiger partial charge < -0.3 is 15.1 Å². The first-order valence-electron chi connectivity index (χ1n) is 11.6. The average Bonchev–Trinajstić information content (AvgIpc) is 3.43. The molecule has 4 rings (SSSR count). The van der Waals surface area contributed by atoms with Gasteiger partial charge in [0.2, 0.25) is 0 Å². The summed E-state index contributed by atoms with van der Waals surface area (Å²) in [5, 5.41) is 5.27. The minimum Gasteiger partial charge on any atom is -0.377 e. The van der Waals surface area contributed by atoms with E-state index in [0.717, 1.165) is 16.8 Å². The number of hydrogen-bond acceptors (Lipinski definition) is 4. The van der Waals surface area contributed by atoms with Crippen molar-refractivity contribution in [3.8, 4) is 0 Å². The number of nitrogens with zero attached hydrogens (tertiary/aromatic N) is 2. The molecule has 5 nitrogen and oxygen atoms in total. The van der Waals surface area contributed by atoms with Crippen LogP contribution in [0.5, 0.6) is 0 Å². The molecule has 1 N–H and O–H groups in total. The maximum Gasteiger partial charge on any atom is 0.265 e. The summed E-state index contributed by atoms with van der Waals surface area (Å²) in [6, 6.07) is 26.2. The van der Waals surface area contributed by atoms with Gasteiger partial charge in [-0.3, -0.25) is 9.59 Å². The lowest BCUT2D eigenvalue weighted by molar-refractivity contribution is 0.0674.